The summed E-state index contributed by atoms with van der Waals surface area (Å²) in [6, 6.07) is 48.2. The molecule has 0 saturated carbocycles. The van der Waals surface area contributed by atoms with E-state index < -0.39 is 0 Å². The average Bonchev–Trinajstić information content (AvgIpc) is 3.70. The van der Waals surface area contributed by atoms with Gasteiger partial charge in [-0.15, -0.1) is 22.7 Å². The lowest BCUT2D eigenvalue weighted by Crippen LogP contribution is -1.81. The van der Waals surface area contributed by atoms with Crippen LogP contribution in [0.15, 0.2) is 158 Å². The van der Waals surface area contributed by atoms with Gasteiger partial charge in [-0.3, -0.25) is 9.97 Å². The van der Waals surface area contributed by atoms with Crippen molar-refractivity contribution in [3.63, 3.8) is 0 Å². The molecule has 0 N–H and O–H groups in total. The van der Waals surface area contributed by atoms with Crippen molar-refractivity contribution in [3.8, 4) is 65.4 Å². The fourth-order valence-electron chi connectivity index (χ4n) is 5.57. The monoisotopic (exact) mass is 598 g/mol. The zero-order valence-corrected chi connectivity index (χ0v) is 25.4. The maximum atomic E-state index is 4.12. The van der Waals surface area contributed by atoms with E-state index >= 15 is 0 Å². The van der Waals surface area contributed by atoms with Crippen LogP contribution in [-0.4, -0.2) is 9.97 Å². The predicted octanol–water partition coefficient (Wildman–Crippen LogP) is 11.8. The van der Waals surface area contributed by atoms with Gasteiger partial charge in [-0.2, -0.15) is 0 Å². The van der Waals surface area contributed by atoms with E-state index in [1.165, 1.54) is 74.8 Å². The summed E-state index contributed by atoms with van der Waals surface area (Å²) >= 11 is 3.74. The number of fused-ring (bicyclic) bond motifs is 1. The molecule has 4 aromatic carbocycles. The minimum absolute atomic E-state index is 1.18. The predicted molar refractivity (Wildman–Crippen MR) is 188 cm³/mol. The number of nitrogens with zero attached hydrogens (tertiary/aromatic N) is 2. The summed E-state index contributed by atoms with van der Waals surface area (Å²) in [6.07, 6.45) is 7.34. The highest BCUT2D eigenvalue weighted by Crippen LogP contribution is 2.42. The summed E-state index contributed by atoms with van der Waals surface area (Å²) in [5, 5.41) is 0. The van der Waals surface area contributed by atoms with Crippen molar-refractivity contribution in [1.82, 2.24) is 9.97 Å². The Hall–Kier alpha value is -5.16. The van der Waals surface area contributed by atoms with Gasteiger partial charge in [0.25, 0.3) is 0 Å². The second-order valence-electron chi connectivity index (χ2n) is 10.7. The second kappa shape index (κ2) is 11.5. The normalized spacial score (nSPS) is 11.2. The van der Waals surface area contributed by atoms with Gasteiger partial charge in [-0.25, -0.2) is 0 Å². The van der Waals surface area contributed by atoms with Gasteiger partial charge in [0.15, 0.2) is 0 Å². The highest BCUT2D eigenvalue weighted by Gasteiger charge is 2.11. The molecule has 8 rings (SSSR count). The van der Waals surface area contributed by atoms with Crippen LogP contribution in [0.4, 0.5) is 0 Å². The van der Waals surface area contributed by atoms with Crippen molar-refractivity contribution in [2.75, 3.05) is 0 Å². The Balaban J connectivity index is 0.970. The second-order valence-corrected chi connectivity index (χ2v) is 12.9. The Morgan fingerprint density at radius 3 is 0.773 bits per heavy atom. The SMILES string of the molecule is c1cc(-c2ccc(-c3ccc(-c4cc5sc(-c6ccc(-c7ccc(-c8ccncc8)cc7)cc6)cc5s4)cc3)cc2)ccn1. The molecular weight excluding hydrogens is 573 g/mol. The molecule has 0 spiro atoms. The van der Waals surface area contributed by atoms with Crippen molar-refractivity contribution < 1.29 is 0 Å². The Morgan fingerprint density at radius 1 is 0.273 bits per heavy atom. The molecule has 2 nitrogen and oxygen atoms in total. The van der Waals surface area contributed by atoms with Gasteiger partial charge < -0.3 is 0 Å². The molecule has 0 aliphatic heterocycles. The Labute approximate surface area is 264 Å². The average molecular weight is 599 g/mol. The Morgan fingerprint density at radius 2 is 0.500 bits per heavy atom. The number of hydrogen-bond donors (Lipinski definition) is 0. The lowest BCUT2D eigenvalue weighted by Gasteiger charge is -2.06. The molecule has 8 aromatic rings. The maximum absolute atomic E-state index is 4.12. The number of benzene rings is 4. The van der Waals surface area contributed by atoms with E-state index in [-0.39, 0.29) is 0 Å². The van der Waals surface area contributed by atoms with E-state index in [0.29, 0.717) is 0 Å². The molecule has 0 aliphatic rings. The summed E-state index contributed by atoms with van der Waals surface area (Å²) in [6.45, 7) is 0. The molecule has 0 aliphatic carbocycles. The van der Waals surface area contributed by atoms with Crippen LogP contribution in [0.5, 0.6) is 0 Å². The minimum atomic E-state index is 1.18. The smallest absolute Gasteiger partial charge is 0.0463 e. The molecule has 0 saturated heterocycles. The fourth-order valence-corrected chi connectivity index (χ4v) is 7.98. The molecular formula is C40H26N2S2. The number of pyridine rings is 2. The third-order valence-corrected chi connectivity index (χ3v) is 10.4. The van der Waals surface area contributed by atoms with Crippen LogP contribution >= 0.6 is 22.7 Å². The molecule has 0 unspecified atom stereocenters. The zero-order chi connectivity index (χ0) is 29.3. The number of thiophene rings is 2. The van der Waals surface area contributed by atoms with Gasteiger partial charge in [-0.05, 0) is 92.0 Å². The molecule has 0 fully saturated rings. The van der Waals surface area contributed by atoms with E-state index in [1.54, 1.807) is 0 Å². The molecule has 0 atom stereocenters. The largest absolute Gasteiger partial charge is 0.265 e. The van der Waals surface area contributed by atoms with Crippen LogP contribution in [-0.2, 0) is 0 Å². The topological polar surface area (TPSA) is 25.8 Å². The van der Waals surface area contributed by atoms with Crippen molar-refractivity contribution in [3.05, 3.63) is 158 Å². The maximum Gasteiger partial charge on any atom is 0.0463 e. The van der Waals surface area contributed by atoms with E-state index in [0.717, 1.165) is 0 Å². The van der Waals surface area contributed by atoms with Gasteiger partial charge in [-0.1, -0.05) is 97.1 Å². The van der Waals surface area contributed by atoms with Gasteiger partial charge in [0.1, 0.15) is 0 Å². The van der Waals surface area contributed by atoms with Crippen molar-refractivity contribution in [1.29, 1.82) is 0 Å². The first-order chi connectivity index (χ1) is 21.8. The van der Waals surface area contributed by atoms with Crippen molar-refractivity contribution >= 4 is 32.1 Å². The highest BCUT2D eigenvalue weighted by molar-refractivity contribution is 7.31. The van der Waals surface area contributed by atoms with E-state index in [4.69, 9.17) is 0 Å². The summed E-state index contributed by atoms with van der Waals surface area (Å²) in [7, 11) is 0. The van der Waals surface area contributed by atoms with Crippen molar-refractivity contribution in [2.24, 2.45) is 0 Å². The lowest BCUT2D eigenvalue weighted by atomic mass is 10.00. The van der Waals surface area contributed by atoms with Gasteiger partial charge in [0.2, 0.25) is 0 Å². The van der Waals surface area contributed by atoms with Crippen LogP contribution in [0.1, 0.15) is 0 Å². The van der Waals surface area contributed by atoms with Crippen LogP contribution < -0.4 is 0 Å². The first-order valence-electron chi connectivity index (χ1n) is 14.5. The Bertz CT molecular complexity index is 1970. The van der Waals surface area contributed by atoms with E-state index in [2.05, 4.69) is 119 Å². The molecule has 0 amide bonds. The van der Waals surface area contributed by atoms with Crippen LogP contribution in [0.25, 0.3) is 74.8 Å². The van der Waals surface area contributed by atoms with Gasteiger partial charge in [0.05, 0.1) is 0 Å². The first kappa shape index (κ1) is 26.5. The molecule has 44 heavy (non-hydrogen) atoms. The summed E-state index contributed by atoms with van der Waals surface area (Å²) < 4.78 is 2.68. The summed E-state index contributed by atoms with van der Waals surface area (Å²) in [4.78, 5) is 10.9. The highest BCUT2D eigenvalue weighted by atomic mass is 32.1. The summed E-state index contributed by atoms with van der Waals surface area (Å²) in [5.74, 6) is 0. The Kier molecular flexibility index (Phi) is 6.91. The fraction of sp³-hybridized carbons (Fsp3) is 0. The number of rotatable bonds is 6. The number of hydrogen-bond acceptors (Lipinski definition) is 4. The van der Waals surface area contributed by atoms with E-state index in [9.17, 15) is 0 Å². The van der Waals surface area contributed by atoms with Crippen molar-refractivity contribution in [2.45, 2.75) is 0 Å². The summed E-state index contributed by atoms with van der Waals surface area (Å²) in [5.41, 5.74) is 12.2. The molecule has 0 bridgehead atoms. The van der Waals surface area contributed by atoms with Crippen LogP contribution in [0.2, 0.25) is 0 Å². The third-order valence-electron chi connectivity index (χ3n) is 8.01. The van der Waals surface area contributed by atoms with Crippen LogP contribution in [0, 0.1) is 0 Å². The molecule has 208 valence electrons. The third kappa shape index (κ3) is 5.26. The van der Waals surface area contributed by atoms with Gasteiger partial charge >= 0.3 is 0 Å². The standard InChI is InChI=1S/C40H26N2S2/c1-5-31(33-17-21-41-22-18-33)6-2-27(1)29-9-13-35(14-10-29)37-25-39-40(43-37)26-38(44-39)36-15-11-30(12-16-36)28-3-7-32(8-4-28)34-19-23-42-24-20-34/h1-26H. The quantitative estimate of drug-likeness (QED) is 0.190. The number of aromatic nitrogens is 2. The zero-order valence-electron chi connectivity index (χ0n) is 23.7. The molecule has 4 heteroatoms. The van der Waals surface area contributed by atoms with Gasteiger partial charge in [0, 0.05) is 43.9 Å². The molecule has 4 aromatic heterocycles. The lowest BCUT2D eigenvalue weighted by molar-refractivity contribution is 1.33. The molecule has 4 heterocycles. The van der Waals surface area contributed by atoms with E-state index in [1.807, 2.05) is 71.7 Å². The minimum Gasteiger partial charge on any atom is -0.265 e. The first-order valence-corrected chi connectivity index (χ1v) is 16.2. The van der Waals surface area contributed by atoms with Crippen LogP contribution in [0.3, 0.4) is 0 Å². The molecule has 0 radical (unpaired) electrons.